The molecule has 0 aromatic carbocycles. The van der Waals surface area contributed by atoms with Gasteiger partial charge in [0.15, 0.2) is 5.92 Å². The van der Waals surface area contributed by atoms with Crippen LogP contribution in [0.2, 0.25) is 0 Å². The average molecular weight is 216 g/mol. The number of carboxylic acid groups (broad SMARTS) is 2. The van der Waals surface area contributed by atoms with Gasteiger partial charge in [0.05, 0.1) is 0 Å². The van der Waals surface area contributed by atoms with Gasteiger partial charge in [0.25, 0.3) is 0 Å². The molecule has 0 aliphatic rings. The van der Waals surface area contributed by atoms with E-state index in [9.17, 15) is 9.59 Å². The zero-order valence-electron chi connectivity index (χ0n) is 9.40. The first-order valence-corrected chi connectivity index (χ1v) is 5.48. The lowest BCUT2D eigenvalue weighted by molar-refractivity contribution is -0.155. The fourth-order valence-corrected chi connectivity index (χ4v) is 1.62. The zero-order chi connectivity index (χ0) is 11.8. The molecule has 0 aliphatic carbocycles. The van der Waals surface area contributed by atoms with Crippen LogP contribution in [0.1, 0.15) is 46.0 Å². The molecule has 4 nitrogen and oxygen atoms in total. The summed E-state index contributed by atoms with van der Waals surface area (Å²) in [5, 5.41) is 17.5. The molecule has 4 heteroatoms. The van der Waals surface area contributed by atoms with Crippen LogP contribution >= 0.6 is 0 Å². The van der Waals surface area contributed by atoms with Crippen LogP contribution in [-0.2, 0) is 9.59 Å². The summed E-state index contributed by atoms with van der Waals surface area (Å²) in [7, 11) is 0. The van der Waals surface area contributed by atoms with Crippen molar-refractivity contribution in [3.63, 3.8) is 0 Å². The van der Waals surface area contributed by atoms with Crippen molar-refractivity contribution in [2.75, 3.05) is 0 Å². The van der Waals surface area contributed by atoms with Crippen LogP contribution in [0, 0.1) is 11.8 Å². The van der Waals surface area contributed by atoms with Crippen molar-refractivity contribution in [3.05, 3.63) is 0 Å². The molecule has 0 aliphatic heterocycles. The first-order chi connectivity index (χ1) is 7.02. The van der Waals surface area contributed by atoms with E-state index in [1.165, 1.54) is 0 Å². The molecule has 0 saturated heterocycles. The predicted molar refractivity (Wildman–Crippen MR) is 56.7 cm³/mol. The number of hydrogen-bond acceptors (Lipinski definition) is 2. The Balaban J connectivity index is 4.22. The summed E-state index contributed by atoms with van der Waals surface area (Å²) in [6.07, 6.45) is 4.11. The zero-order valence-corrected chi connectivity index (χ0v) is 9.40. The van der Waals surface area contributed by atoms with Gasteiger partial charge in [0.2, 0.25) is 0 Å². The Morgan fingerprint density at radius 2 is 1.67 bits per heavy atom. The van der Waals surface area contributed by atoms with Gasteiger partial charge in [-0.1, -0.05) is 39.5 Å². The summed E-state index contributed by atoms with van der Waals surface area (Å²) >= 11 is 0. The van der Waals surface area contributed by atoms with Crippen LogP contribution in [0.3, 0.4) is 0 Å². The molecule has 0 rings (SSSR count). The number of carbonyl (C=O) groups is 2. The van der Waals surface area contributed by atoms with Gasteiger partial charge >= 0.3 is 11.9 Å². The average Bonchev–Trinajstić information content (AvgIpc) is 2.17. The van der Waals surface area contributed by atoms with Crippen molar-refractivity contribution in [1.82, 2.24) is 0 Å². The molecule has 0 saturated carbocycles. The Morgan fingerprint density at radius 3 is 2.00 bits per heavy atom. The third kappa shape index (κ3) is 5.40. The van der Waals surface area contributed by atoms with Gasteiger partial charge < -0.3 is 10.2 Å². The third-order valence-corrected chi connectivity index (χ3v) is 2.71. The third-order valence-electron chi connectivity index (χ3n) is 2.71. The van der Waals surface area contributed by atoms with Crippen molar-refractivity contribution < 1.29 is 19.8 Å². The molecule has 1 atom stereocenters. The van der Waals surface area contributed by atoms with Crippen molar-refractivity contribution in [2.45, 2.75) is 46.0 Å². The summed E-state index contributed by atoms with van der Waals surface area (Å²) in [6.45, 7) is 4.04. The number of aliphatic carboxylic acids is 2. The SMILES string of the molecule is CCCCC(CC)CC(C(=O)O)C(=O)O. The summed E-state index contributed by atoms with van der Waals surface area (Å²) < 4.78 is 0. The van der Waals surface area contributed by atoms with E-state index in [-0.39, 0.29) is 12.3 Å². The molecule has 0 aromatic rings. The molecule has 0 heterocycles. The van der Waals surface area contributed by atoms with E-state index >= 15 is 0 Å². The fourth-order valence-electron chi connectivity index (χ4n) is 1.62. The van der Waals surface area contributed by atoms with Gasteiger partial charge in [0.1, 0.15) is 0 Å². The van der Waals surface area contributed by atoms with E-state index in [0.29, 0.717) is 0 Å². The Bertz CT molecular complexity index is 199. The highest BCUT2D eigenvalue weighted by molar-refractivity contribution is 5.92. The smallest absolute Gasteiger partial charge is 0.317 e. The van der Waals surface area contributed by atoms with Gasteiger partial charge in [0, 0.05) is 0 Å². The molecule has 0 amide bonds. The van der Waals surface area contributed by atoms with Gasteiger partial charge in [-0.05, 0) is 12.3 Å². The molecular formula is C11H20O4. The second-order valence-electron chi connectivity index (χ2n) is 3.88. The number of unbranched alkanes of at least 4 members (excludes halogenated alkanes) is 1. The molecular weight excluding hydrogens is 196 g/mol. The molecule has 0 fully saturated rings. The Kier molecular flexibility index (Phi) is 6.75. The lowest BCUT2D eigenvalue weighted by Gasteiger charge is -2.16. The second kappa shape index (κ2) is 7.26. The van der Waals surface area contributed by atoms with Crippen LogP contribution in [0.25, 0.3) is 0 Å². The van der Waals surface area contributed by atoms with E-state index in [2.05, 4.69) is 6.92 Å². The topological polar surface area (TPSA) is 74.6 Å². The number of carboxylic acids is 2. The minimum atomic E-state index is -1.24. The summed E-state index contributed by atoms with van der Waals surface area (Å²) in [4.78, 5) is 21.4. The maximum atomic E-state index is 10.7. The monoisotopic (exact) mass is 216 g/mol. The van der Waals surface area contributed by atoms with Crippen molar-refractivity contribution in [2.24, 2.45) is 11.8 Å². The van der Waals surface area contributed by atoms with E-state index in [1.807, 2.05) is 6.92 Å². The van der Waals surface area contributed by atoms with Crippen LogP contribution in [0.5, 0.6) is 0 Å². The number of rotatable bonds is 8. The highest BCUT2D eigenvalue weighted by Crippen LogP contribution is 2.22. The van der Waals surface area contributed by atoms with E-state index in [0.717, 1.165) is 25.7 Å². The minimum Gasteiger partial charge on any atom is -0.481 e. The molecule has 0 spiro atoms. The normalized spacial score (nSPS) is 12.7. The van der Waals surface area contributed by atoms with Crippen molar-refractivity contribution >= 4 is 11.9 Å². The molecule has 0 aromatic heterocycles. The van der Waals surface area contributed by atoms with Crippen molar-refractivity contribution in [3.8, 4) is 0 Å². The predicted octanol–water partition coefficient (Wildman–Crippen LogP) is 2.38. The van der Waals surface area contributed by atoms with Crippen LogP contribution < -0.4 is 0 Å². The van der Waals surface area contributed by atoms with Crippen LogP contribution in [-0.4, -0.2) is 22.2 Å². The summed E-state index contributed by atoms with van der Waals surface area (Å²) in [6, 6.07) is 0. The first kappa shape index (κ1) is 13.9. The van der Waals surface area contributed by atoms with Crippen molar-refractivity contribution in [1.29, 1.82) is 0 Å². The Labute approximate surface area is 90.3 Å². The quantitative estimate of drug-likeness (QED) is 0.611. The highest BCUT2D eigenvalue weighted by Gasteiger charge is 2.28. The Morgan fingerprint density at radius 1 is 1.13 bits per heavy atom. The standard InChI is InChI=1S/C11H20O4/c1-3-5-6-8(4-2)7-9(10(12)13)11(14)15/h8-9H,3-7H2,1-2H3,(H,12,13)(H,14,15). The molecule has 88 valence electrons. The molecule has 1 unspecified atom stereocenters. The van der Waals surface area contributed by atoms with Gasteiger partial charge in [-0.25, -0.2) is 0 Å². The van der Waals surface area contributed by atoms with E-state index < -0.39 is 17.9 Å². The summed E-state index contributed by atoms with van der Waals surface area (Å²) in [5.74, 6) is -3.48. The molecule has 0 bridgehead atoms. The fraction of sp³-hybridized carbons (Fsp3) is 0.818. The highest BCUT2D eigenvalue weighted by atomic mass is 16.4. The van der Waals surface area contributed by atoms with Gasteiger partial charge in [-0.2, -0.15) is 0 Å². The first-order valence-electron chi connectivity index (χ1n) is 5.48. The van der Waals surface area contributed by atoms with E-state index in [4.69, 9.17) is 10.2 Å². The molecule has 2 N–H and O–H groups in total. The maximum absolute atomic E-state index is 10.7. The van der Waals surface area contributed by atoms with Gasteiger partial charge in [-0.15, -0.1) is 0 Å². The lowest BCUT2D eigenvalue weighted by atomic mass is 9.89. The van der Waals surface area contributed by atoms with Crippen LogP contribution in [0.4, 0.5) is 0 Å². The van der Waals surface area contributed by atoms with Gasteiger partial charge in [-0.3, -0.25) is 9.59 Å². The molecule has 0 radical (unpaired) electrons. The largest absolute Gasteiger partial charge is 0.481 e. The summed E-state index contributed by atoms with van der Waals surface area (Å²) in [5.41, 5.74) is 0. The van der Waals surface area contributed by atoms with Crippen LogP contribution in [0.15, 0.2) is 0 Å². The second-order valence-corrected chi connectivity index (χ2v) is 3.88. The molecule has 15 heavy (non-hydrogen) atoms. The van der Waals surface area contributed by atoms with E-state index in [1.54, 1.807) is 0 Å². The number of hydrogen-bond donors (Lipinski definition) is 2. The maximum Gasteiger partial charge on any atom is 0.317 e. The minimum absolute atomic E-state index is 0.210. The Hall–Kier alpha value is -1.06. The lowest BCUT2D eigenvalue weighted by Crippen LogP contribution is -2.26.